The highest BCUT2D eigenvalue weighted by molar-refractivity contribution is 5.94. The number of nitrogens with zero attached hydrogens (tertiary/aromatic N) is 3. The second-order valence-electron chi connectivity index (χ2n) is 11.3. The number of likely N-dealkylation sites (tertiary alicyclic amines) is 1. The highest BCUT2D eigenvalue weighted by atomic mass is 16.6. The number of anilines is 1. The van der Waals surface area contributed by atoms with E-state index in [1.165, 1.54) is 7.11 Å². The van der Waals surface area contributed by atoms with Crippen LogP contribution in [0, 0.1) is 0 Å². The zero-order chi connectivity index (χ0) is 29.6. The summed E-state index contributed by atoms with van der Waals surface area (Å²) in [4.78, 5) is 57.1. The maximum atomic E-state index is 13.9. The number of para-hydroxylation sites is 1. The van der Waals surface area contributed by atoms with Gasteiger partial charge in [0.1, 0.15) is 17.2 Å². The van der Waals surface area contributed by atoms with Crippen molar-refractivity contribution in [3.05, 3.63) is 66.2 Å². The first kappa shape index (κ1) is 29.7. The maximum Gasteiger partial charge on any atom is 0.408 e. The Hall–Kier alpha value is -4.28. The zero-order valence-electron chi connectivity index (χ0n) is 24.1. The molecule has 0 aliphatic carbocycles. The van der Waals surface area contributed by atoms with Gasteiger partial charge >= 0.3 is 18.1 Å². The smallest absolute Gasteiger partial charge is 0.408 e. The molecule has 0 saturated carbocycles. The van der Waals surface area contributed by atoms with Crippen molar-refractivity contribution in [1.82, 2.24) is 20.4 Å². The third-order valence-electron chi connectivity index (χ3n) is 7.31. The van der Waals surface area contributed by atoms with E-state index in [9.17, 15) is 19.2 Å². The number of methoxy groups -OCH3 is 1. The second kappa shape index (κ2) is 12.5. The summed E-state index contributed by atoms with van der Waals surface area (Å²) in [5, 5.41) is 5.17. The van der Waals surface area contributed by atoms with Crippen LogP contribution in [0.4, 0.5) is 15.3 Å². The number of nitrogens with one attached hydrogen (secondary N) is 2. The molecule has 2 saturated heterocycles. The van der Waals surface area contributed by atoms with Gasteiger partial charge in [-0.3, -0.25) is 4.79 Å². The number of amides is 4. The number of hydrogen-bond donors (Lipinski definition) is 2. The number of esters is 1. The molecule has 2 fully saturated rings. The summed E-state index contributed by atoms with van der Waals surface area (Å²) in [6, 6.07) is 18.3. The number of ether oxygens (including phenoxy) is 2. The Morgan fingerprint density at radius 3 is 2.17 bits per heavy atom. The fraction of sp³-hybridized carbons (Fsp3) is 0.467. The summed E-state index contributed by atoms with van der Waals surface area (Å²) in [5.41, 5.74) is 0.505. The normalized spacial score (nSPS) is 17.3. The van der Waals surface area contributed by atoms with Crippen molar-refractivity contribution in [2.45, 2.75) is 57.3 Å². The number of carbonyl (C=O) groups is 4. The summed E-state index contributed by atoms with van der Waals surface area (Å²) < 4.78 is 10.0. The fourth-order valence-electron chi connectivity index (χ4n) is 5.29. The summed E-state index contributed by atoms with van der Waals surface area (Å²) in [6.45, 7) is 6.62. The van der Waals surface area contributed by atoms with Gasteiger partial charge in [-0.2, -0.15) is 0 Å². The molecule has 0 radical (unpaired) electrons. The fourth-order valence-corrected chi connectivity index (χ4v) is 5.29. The number of alkyl carbamates (subject to hydrolysis) is 1. The molecule has 41 heavy (non-hydrogen) atoms. The van der Waals surface area contributed by atoms with Crippen LogP contribution in [0.5, 0.6) is 0 Å². The lowest BCUT2D eigenvalue weighted by atomic mass is 9.85. The van der Waals surface area contributed by atoms with Gasteiger partial charge < -0.3 is 34.8 Å². The van der Waals surface area contributed by atoms with Gasteiger partial charge in [-0.15, -0.1) is 0 Å². The molecule has 2 N–H and O–H groups in total. The van der Waals surface area contributed by atoms with Gasteiger partial charge in [0.15, 0.2) is 0 Å². The van der Waals surface area contributed by atoms with Crippen molar-refractivity contribution in [3.63, 3.8) is 0 Å². The molecule has 2 heterocycles. The molecule has 11 nitrogen and oxygen atoms in total. The average molecular weight is 566 g/mol. The molecule has 1 spiro atoms. The van der Waals surface area contributed by atoms with E-state index in [1.54, 1.807) is 25.7 Å². The predicted octanol–water partition coefficient (Wildman–Crippen LogP) is 3.10. The summed E-state index contributed by atoms with van der Waals surface area (Å²) >= 11 is 0. The lowest BCUT2D eigenvalue weighted by molar-refractivity contribution is -0.143. The molecule has 2 aromatic rings. The van der Waals surface area contributed by atoms with E-state index in [-0.39, 0.29) is 12.5 Å². The van der Waals surface area contributed by atoms with E-state index >= 15 is 0 Å². The third kappa shape index (κ3) is 7.08. The van der Waals surface area contributed by atoms with E-state index in [0.29, 0.717) is 39.1 Å². The van der Waals surface area contributed by atoms with E-state index in [1.807, 2.05) is 65.6 Å². The molecule has 2 aromatic carbocycles. The first-order valence-corrected chi connectivity index (χ1v) is 13.8. The Labute approximate surface area is 240 Å². The second-order valence-corrected chi connectivity index (χ2v) is 11.3. The first-order chi connectivity index (χ1) is 19.5. The molecule has 0 bridgehead atoms. The Morgan fingerprint density at radius 1 is 0.976 bits per heavy atom. The minimum atomic E-state index is -1.12. The Kier molecular flexibility index (Phi) is 9.05. The van der Waals surface area contributed by atoms with Gasteiger partial charge in [-0.05, 0) is 51.3 Å². The third-order valence-corrected chi connectivity index (χ3v) is 7.31. The quantitative estimate of drug-likeness (QED) is 0.495. The van der Waals surface area contributed by atoms with Crippen LogP contribution in [0.3, 0.4) is 0 Å². The van der Waals surface area contributed by atoms with Crippen molar-refractivity contribution >= 4 is 29.7 Å². The van der Waals surface area contributed by atoms with Crippen LogP contribution < -0.4 is 15.5 Å². The molecule has 1 atom stereocenters. The molecule has 1 unspecified atom stereocenters. The molecule has 2 aliphatic heterocycles. The number of rotatable bonds is 7. The molecule has 11 heteroatoms. The van der Waals surface area contributed by atoms with Crippen LogP contribution in [-0.2, 0) is 25.6 Å². The monoisotopic (exact) mass is 565 g/mol. The maximum absolute atomic E-state index is 13.9. The average Bonchev–Trinajstić information content (AvgIpc) is 3.21. The van der Waals surface area contributed by atoms with Crippen molar-refractivity contribution in [1.29, 1.82) is 0 Å². The van der Waals surface area contributed by atoms with Crippen molar-refractivity contribution in [2.75, 3.05) is 38.3 Å². The number of carbonyl (C=O) groups excluding carboxylic acids is 4. The molecule has 220 valence electrons. The minimum Gasteiger partial charge on any atom is -0.467 e. The lowest BCUT2D eigenvalue weighted by Crippen LogP contribution is -2.59. The molecule has 4 rings (SSSR count). The topological polar surface area (TPSA) is 121 Å². The van der Waals surface area contributed by atoms with E-state index < -0.39 is 35.3 Å². The van der Waals surface area contributed by atoms with Crippen LogP contribution in [-0.4, -0.2) is 84.4 Å². The van der Waals surface area contributed by atoms with Crippen molar-refractivity contribution in [2.24, 2.45) is 0 Å². The summed E-state index contributed by atoms with van der Waals surface area (Å²) in [5.74, 6) is -0.653. The summed E-state index contributed by atoms with van der Waals surface area (Å²) in [6.07, 6.45) is 0.120. The van der Waals surface area contributed by atoms with Gasteiger partial charge in [0.25, 0.3) is 0 Å². The van der Waals surface area contributed by atoms with Crippen LogP contribution >= 0.6 is 0 Å². The standard InChI is InChI=1S/C30H39N5O6/c1-29(2,3)41-28(39)32-24(25(36)40-4)19-31-27(38)33-17-15-30(16-18-33)26(37)34(20-22-11-7-5-8-12-22)21-35(30)23-13-9-6-10-14-23/h5-14,24H,15-21H2,1-4H3,(H,31,38)(H,32,39). The van der Waals surface area contributed by atoms with Gasteiger partial charge in [0.05, 0.1) is 20.3 Å². The van der Waals surface area contributed by atoms with E-state index in [4.69, 9.17) is 9.47 Å². The Balaban J connectivity index is 1.41. The molecule has 2 aliphatic rings. The van der Waals surface area contributed by atoms with Gasteiger partial charge in [0.2, 0.25) is 5.91 Å². The Bertz CT molecular complexity index is 1220. The molecule has 0 aromatic heterocycles. The number of piperidine rings is 1. The largest absolute Gasteiger partial charge is 0.467 e. The first-order valence-electron chi connectivity index (χ1n) is 13.8. The van der Waals surface area contributed by atoms with Crippen LogP contribution in [0.2, 0.25) is 0 Å². The molecular weight excluding hydrogens is 526 g/mol. The lowest BCUT2D eigenvalue weighted by Gasteiger charge is -2.43. The molecule has 4 amide bonds. The van der Waals surface area contributed by atoms with Crippen LogP contribution in [0.25, 0.3) is 0 Å². The SMILES string of the molecule is COC(=O)C(CNC(=O)N1CCC2(CC1)C(=O)N(Cc1ccccc1)CN2c1ccccc1)NC(=O)OC(C)(C)C. The summed E-state index contributed by atoms with van der Waals surface area (Å²) in [7, 11) is 1.20. The van der Waals surface area contributed by atoms with Crippen LogP contribution in [0.1, 0.15) is 39.2 Å². The molecular formula is C30H39N5O6. The van der Waals surface area contributed by atoms with E-state index in [0.717, 1.165) is 11.3 Å². The van der Waals surface area contributed by atoms with Crippen molar-refractivity contribution < 1.29 is 28.7 Å². The number of benzene rings is 2. The zero-order valence-corrected chi connectivity index (χ0v) is 24.1. The van der Waals surface area contributed by atoms with Crippen molar-refractivity contribution in [3.8, 4) is 0 Å². The van der Waals surface area contributed by atoms with Crippen LogP contribution in [0.15, 0.2) is 60.7 Å². The highest BCUT2D eigenvalue weighted by Gasteiger charge is 2.54. The highest BCUT2D eigenvalue weighted by Crippen LogP contribution is 2.40. The number of urea groups is 1. The predicted molar refractivity (Wildman–Crippen MR) is 153 cm³/mol. The van der Waals surface area contributed by atoms with Gasteiger partial charge in [-0.25, -0.2) is 14.4 Å². The van der Waals surface area contributed by atoms with Gasteiger partial charge in [0, 0.05) is 25.3 Å². The number of hydrogen-bond acceptors (Lipinski definition) is 7. The minimum absolute atomic E-state index is 0.0533. The van der Waals surface area contributed by atoms with Gasteiger partial charge in [-0.1, -0.05) is 48.5 Å². The van der Waals surface area contributed by atoms with E-state index in [2.05, 4.69) is 15.5 Å². The Morgan fingerprint density at radius 2 is 1.59 bits per heavy atom.